The molecule has 0 unspecified atom stereocenters. The lowest BCUT2D eigenvalue weighted by Crippen LogP contribution is -2.40. The summed E-state index contributed by atoms with van der Waals surface area (Å²) in [6, 6.07) is 7.57. The highest BCUT2D eigenvalue weighted by molar-refractivity contribution is 5.23. The summed E-state index contributed by atoms with van der Waals surface area (Å²) in [6.07, 6.45) is 5.78. The Morgan fingerprint density at radius 3 is 2.55 bits per heavy atom. The molecule has 0 atom stereocenters. The molecule has 1 aliphatic rings. The van der Waals surface area contributed by atoms with E-state index in [0.717, 1.165) is 32.6 Å². The molecule has 1 N–H and O–H groups in total. The Balaban J connectivity index is 1.50. The number of ether oxygens (including phenoxy) is 1. The summed E-state index contributed by atoms with van der Waals surface area (Å²) in [5.74, 6) is 0.458. The van der Waals surface area contributed by atoms with Crippen molar-refractivity contribution in [2.45, 2.75) is 51.0 Å². The first-order valence-corrected chi connectivity index (χ1v) is 7.86. The minimum Gasteiger partial charge on any atom is -0.381 e. The summed E-state index contributed by atoms with van der Waals surface area (Å²) in [5.41, 5.74) is 1.27. The lowest BCUT2D eigenvalue weighted by Gasteiger charge is -2.36. The van der Waals surface area contributed by atoms with Crippen molar-refractivity contribution in [1.82, 2.24) is 5.32 Å². The fourth-order valence-electron chi connectivity index (χ4n) is 2.62. The summed E-state index contributed by atoms with van der Waals surface area (Å²) in [4.78, 5) is 0. The van der Waals surface area contributed by atoms with Gasteiger partial charge in [0, 0.05) is 19.3 Å². The quantitative estimate of drug-likeness (QED) is 0.693. The van der Waals surface area contributed by atoms with Crippen molar-refractivity contribution in [2.75, 3.05) is 19.8 Å². The van der Waals surface area contributed by atoms with E-state index in [0.29, 0.717) is 12.0 Å². The van der Waals surface area contributed by atoms with E-state index in [4.69, 9.17) is 4.74 Å². The van der Waals surface area contributed by atoms with E-state index in [2.05, 4.69) is 12.2 Å². The van der Waals surface area contributed by atoms with Gasteiger partial charge in [0.2, 0.25) is 0 Å². The molecule has 1 fully saturated rings. The van der Waals surface area contributed by atoms with Crippen LogP contribution in [0.5, 0.6) is 0 Å². The van der Waals surface area contributed by atoms with Crippen LogP contribution in [0.2, 0.25) is 0 Å². The molecule has 0 amide bonds. The third-order valence-electron chi connectivity index (χ3n) is 4.02. The number of unbranched alkanes of at least 4 members (excludes halogenated alkanes) is 1. The van der Waals surface area contributed by atoms with Crippen LogP contribution < -0.4 is 5.32 Å². The van der Waals surface area contributed by atoms with Crippen LogP contribution >= 0.6 is 0 Å². The van der Waals surface area contributed by atoms with Crippen molar-refractivity contribution in [3.8, 4) is 0 Å². The second kappa shape index (κ2) is 8.38. The first-order valence-electron chi connectivity index (χ1n) is 7.86. The fraction of sp³-hybridized carbons (Fsp3) is 0.647. The first-order chi connectivity index (χ1) is 9.79. The molecule has 112 valence electrons. The molecule has 3 heteroatoms. The van der Waals surface area contributed by atoms with Crippen LogP contribution in [-0.2, 0) is 4.74 Å². The minimum atomic E-state index is -0.147. The predicted octanol–water partition coefficient (Wildman–Crippen LogP) is 3.87. The maximum atomic E-state index is 12.8. The van der Waals surface area contributed by atoms with Crippen molar-refractivity contribution in [1.29, 1.82) is 0 Å². The highest BCUT2D eigenvalue weighted by Gasteiger charge is 2.29. The monoisotopic (exact) mass is 279 g/mol. The zero-order chi connectivity index (χ0) is 14.2. The molecule has 1 aromatic rings. The Hall–Kier alpha value is -0.930. The van der Waals surface area contributed by atoms with Gasteiger partial charge in [0.1, 0.15) is 5.82 Å². The summed E-state index contributed by atoms with van der Waals surface area (Å²) >= 11 is 0. The maximum Gasteiger partial charge on any atom is 0.123 e. The van der Waals surface area contributed by atoms with Gasteiger partial charge in [0.25, 0.3) is 0 Å². The predicted molar refractivity (Wildman–Crippen MR) is 80.5 cm³/mol. The molecule has 1 aromatic carbocycles. The number of rotatable bonds is 9. The van der Waals surface area contributed by atoms with Crippen LogP contribution in [0.4, 0.5) is 4.39 Å². The molecule has 0 aromatic heterocycles. The van der Waals surface area contributed by atoms with Gasteiger partial charge < -0.3 is 10.1 Å². The van der Waals surface area contributed by atoms with Gasteiger partial charge in [0.05, 0.1) is 0 Å². The van der Waals surface area contributed by atoms with E-state index in [-0.39, 0.29) is 5.82 Å². The molecule has 0 aliphatic heterocycles. The Bertz CT molecular complexity index is 373. The van der Waals surface area contributed by atoms with Crippen molar-refractivity contribution >= 4 is 0 Å². The average Bonchev–Trinajstić information content (AvgIpc) is 2.41. The van der Waals surface area contributed by atoms with Gasteiger partial charge in [-0.05, 0) is 55.8 Å². The molecule has 1 saturated carbocycles. The van der Waals surface area contributed by atoms with Crippen LogP contribution in [0.15, 0.2) is 24.3 Å². The van der Waals surface area contributed by atoms with Crippen molar-refractivity contribution in [3.63, 3.8) is 0 Å². The Labute approximate surface area is 121 Å². The molecule has 0 bridgehead atoms. The van der Waals surface area contributed by atoms with E-state index in [1.54, 1.807) is 12.1 Å². The van der Waals surface area contributed by atoms with E-state index in [9.17, 15) is 4.39 Å². The standard InChI is InChI=1S/C17H26FNO/c1-2-3-10-20-11-4-9-19-17-12-15(13-17)14-5-7-16(18)8-6-14/h5-8,15,17,19H,2-4,9-13H2,1H3. The average molecular weight is 279 g/mol. The summed E-state index contributed by atoms with van der Waals surface area (Å²) in [5, 5.41) is 3.57. The molecule has 1 aliphatic carbocycles. The highest BCUT2D eigenvalue weighted by Crippen LogP contribution is 2.36. The van der Waals surface area contributed by atoms with Crippen molar-refractivity contribution in [3.05, 3.63) is 35.6 Å². The number of hydrogen-bond donors (Lipinski definition) is 1. The molecular formula is C17H26FNO. The lowest BCUT2D eigenvalue weighted by molar-refractivity contribution is 0.127. The van der Waals surface area contributed by atoms with Gasteiger partial charge in [-0.2, -0.15) is 0 Å². The number of benzene rings is 1. The smallest absolute Gasteiger partial charge is 0.123 e. The topological polar surface area (TPSA) is 21.3 Å². The summed E-state index contributed by atoms with van der Waals surface area (Å²) in [7, 11) is 0. The SMILES string of the molecule is CCCCOCCCNC1CC(c2ccc(F)cc2)C1. The molecule has 0 spiro atoms. The van der Waals surface area contributed by atoms with Gasteiger partial charge in [-0.3, -0.25) is 0 Å². The molecular weight excluding hydrogens is 253 g/mol. The van der Waals surface area contributed by atoms with Gasteiger partial charge in [0.15, 0.2) is 0 Å². The van der Waals surface area contributed by atoms with Gasteiger partial charge in [-0.25, -0.2) is 4.39 Å². The largest absolute Gasteiger partial charge is 0.381 e. The van der Waals surface area contributed by atoms with Crippen LogP contribution in [-0.4, -0.2) is 25.8 Å². The van der Waals surface area contributed by atoms with E-state index in [1.807, 2.05) is 12.1 Å². The molecule has 2 nitrogen and oxygen atoms in total. The maximum absolute atomic E-state index is 12.8. The zero-order valence-corrected chi connectivity index (χ0v) is 12.4. The molecule has 0 saturated heterocycles. The fourth-order valence-corrected chi connectivity index (χ4v) is 2.62. The lowest BCUT2D eigenvalue weighted by atomic mass is 9.76. The van der Waals surface area contributed by atoms with Gasteiger partial charge >= 0.3 is 0 Å². The number of halogens is 1. The Morgan fingerprint density at radius 2 is 1.85 bits per heavy atom. The van der Waals surface area contributed by atoms with E-state index in [1.165, 1.54) is 24.8 Å². The zero-order valence-electron chi connectivity index (χ0n) is 12.4. The van der Waals surface area contributed by atoms with Crippen LogP contribution in [0.25, 0.3) is 0 Å². The van der Waals surface area contributed by atoms with Crippen molar-refractivity contribution < 1.29 is 9.13 Å². The highest BCUT2D eigenvalue weighted by atomic mass is 19.1. The van der Waals surface area contributed by atoms with Gasteiger partial charge in [-0.1, -0.05) is 25.5 Å². The third kappa shape index (κ3) is 4.88. The molecule has 0 heterocycles. The van der Waals surface area contributed by atoms with E-state index < -0.39 is 0 Å². The van der Waals surface area contributed by atoms with Crippen LogP contribution in [0.1, 0.15) is 50.5 Å². The normalized spacial score (nSPS) is 21.7. The second-order valence-electron chi connectivity index (χ2n) is 5.69. The van der Waals surface area contributed by atoms with Gasteiger partial charge in [-0.15, -0.1) is 0 Å². The van der Waals surface area contributed by atoms with Crippen LogP contribution in [0, 0.1) is 5.82 Å². The first kappa shape index (κ1) is 15.5. The second-order valence-corrected chi connectivity index (χ2v) is 5.69. The molecule has 0 radical (unpaired) electrons. The van der Waals surface area contributed by atoms with Crippen molar-refractivity contribution in [2.24, 2.45) is 0 Å². The van der Waals surface area contributed by atoms with E-state index >= 15 is 0 Å². The molecule has 2 rings (SSSR count). The third-order valence-corrected chi connectivity index (χ3v) is 4.02. The Kier molecular flexibility index (Phi) is 6.48. The number of hydrogen-bond acceptors (Lipinski definition) is 2. The van der Waals surface area contributed by atoms with Crippen LogP contribution in [0.3, 0.4) is 0 Å². The minimum absolute atomic E-state index is 0.147. The summed E-state index contributed by atoms with van der Waals surface area (Å²) in [6.45, 7) is 4.97. The summed E-state index contributed by atoms with van der Waals surface area (Å²) < 4.78 is 18.4. The Morgan fingerprint density at radius 1 is 1.15 bits per heavy atom. The molecule has 20 heavy (non-hydrogen) atoms. The number of nitrogens with one attached hydrogen (secondary N) is 1.